The number of esters is 1. The number of hydrogen-bond donors (Lipinski definition) is 0. The Balaban J connectivity index is 1.43. The lowest BCUT2D eigenvalue weighted by molar-refractivity contribution is 0.0354. The lowest BCUT2D eigenvalue weighted by Crippen LogP contribution is -2.13. The van der Waals surface area contributed by atoms with Crippen molar-refractivity contribution in [2.75, 3.05) is 0 Å². The van der Waals surface area contributed by atoms with Gasteiger partial charge < -0.3 is 13.8 Å². The van der Waals surface area contributed by atoms with Gasteiger partial charge in [-0.3, -0.25) is 0 Å². The maximum atomic E-state index is 13.0. The molecule has 0 aliphatic carbocycles. The Kier molecular flexibility index (Phi) is 5.55. The van der Waals surface area contributed by atoms with Gasteiger partial charge in [0.05, 0.1) is 0 Å². The highest BCUT2D eigenvalue weighted by atomic mass is 16.6. The second-order valence-corrected chi connectivity index (χ2v) is 7.62. The standard InChI is InChI=1S/C27H20N2O4/c1-18-12-14-20(15-13-18)24-16-22(28-32-24)26(21-10-6-3-7-11-21)31-27(30)23-17-25(33-29-23)19-8-4-2-5-9-19/h2-17,26H,1H3. The van der Waals surface area contributed by atoms with Crippen molar-refractivity contribution in [2.45, 2.75) is 13.0 Å². The second-order valence-electron chi connectivity index (χ2n) is 7.62. The fourth-order valence-electron chi connectivity index (χ4n) is 3.47. The fraction of sp³-hybridized carbons (Fsp3) is 0.0741. The first-order valence-electron chi connectivity index (χ1n) is 10.5. The SMILES string of the molecule is Cc1ccc(-c2cc(C(OC(=O)c3cc(-c4ccccc4)on3)c3ccccc3)no2)cc1. The van der Waals surface area contributed by atoms with Gasteiger partial charge in [-0.1, -0.05) is 101 Å². The van der Waals surface area contributed by atoms with Crippen LogP contribution in [0.4, 0.5) is 0 Å². The molecule has 162 valence electrons. The molecule has 0 fully saturated rings. The monoisotopic (exact) mass is 436 g/mol. The van der Waals surface area contributed by atoms with Crippen LogP contribution in [0.1, 0.15) is 33.4 Å². The van der Waals surface area contributed by atoms with E-state index in [9.17, 15) is 4.79 Å². The van der Waals surface area contributed by atoms with Crippen LogP contribution in [0.15, 0.2) is 106 Å². The zero-order valence-corrected chi connectivity index (χ0v) is 17.8. The molecule has 1 unspecified atom stereocenters. The van der Waals surface area contributed by atoms with Gasteiger partial charge in [0.2, 0.25) is 0 Å². The van der Waals surface area contributed by atoms with Crippen LogP contribution in [0.25, 0.3) is 22.6 Å². The molecule has 0 radical (unpaired) electrons. The van der Waals surface area contributed by atoms with Gasteiger partial charge in [0.1, 0.15) is 5.69 Å². The molecule has 5 rings (SSSR count). The fourth-order valence-corrected chi connectivity index (χ4v) is 3.47. The summed E-state index contributed by atoms with van der Waals surface area (Å²) >= 11 is 0. The maximum Gasteiger partial charge on any atom is 0.361 e. The largest absolute Gasteiger partial charge is 0.446 e. The van der Waals surface area contributed by atoms with E-state index >= 15 is 0 Å². The van der Waals surface area contributed by atoms with Crippen molar-refractivity contribution in [3.63, 3.8) is 0 Å². The van der Waals surface area contributed by atoms with Crippen LogP contribution in [0.3, 0.4) is 0 Å². The highest BCUT2D eigenvalue weighted by Crippen LogP contribution is 2.30. The number of carbonyl (C=O) groups excluding carboxylic acids is 1. The van der Waals surface area contributed by atoms with Crippen LogP contribution >= 0.6 is 0 Å². The molecular weight excluding hydrogens is 416 g/mol. The molecule has 0 aliphatic heterocycles. The van der Waals surface area contributed by atoms with Crippen molar-refractivity contribution >= 4 is 5.97 Å². The number of nitrogens with zero attached hydrogens (tertiary/aromatic N) is 2. The second kappa shape index (κ2) is 8.96. The number of hydrogen-bond acceptors (Lipinski definition) is 6. The molecule has 6 nitrogen and oxygen atoms in total. The van der Waals surface area contributed by atoms with Gasteiger partial charge in [0.15, 0.2) is 23.3 Å². The lowest BCUT2D eigenvalue weighted by Gasteiger charge is -2.15. The van der Waals surface area contributed by atoms with Crippen LogP contribution in [0, 0.1) is 6.92 Å². The predicted molar refractivity (Wildman–Crippen MR) is 122 cm³/mol. The minimum atomic E-state index is -0.765. The highest BCUT2D eigenvalue weighted by Gasteiger charge is 2.26. The molecule has 0 bridgehead atoms. The molecule has 1 atom stereocenters. The van der Waals surface area contributed by atoms with Crippen LogP contribution < -0.4 is 0 Å². The Bertz CT molecular complexity index is 1360. The number of carbonyl (C=O) groups is 1. The van der Waals surface area contributed by atoms with E-state index in [0.717, 1.165) is 22.3 Å². The summed E-state index contributed by atoms with van der Waals surface area (Å²) in [5.74, 6) is 0.464. The minimum absolute atomic E-state index is 0.0806. The van der Waals surface area contributed by atoms with Gasteiger partial charge in [-0.15, -0.1) is 0 Å². The third-order valence-corrected chi connectivity index (χ3v) is 5.24. The van der Waals surface area contributed by atoms with Crippen molar-refractivity contribution in [1.29, 1.82) is 0 Å². The molecule has 5 aromatic rings. The van der Waals surface area contributed by atoms with E-state index in [2.05, 4.69) is 10.3 Å². The Morgan fingerprint density at radius 1 is 0.758 bits per heavy atom. The number of aromatic nitrogens is 2. The molecule has 0 saturated carbocycles. The van der Waals surface area contributed by atoms with E-state index in [4.69, 9.17) is 13.8 Å². The summed E-state index contributed by atoms with van der Waals surface area (Å²) < 4.78 is 16.8. The molecular formula is C27H20N2O4. The maximum absolute atomic E-state index is 13.0. The smallest absolute Gasteiger partial charge is 0.361 e. The number of benzene rings is 3. The van der Waals surface area contributed by atoms with Crippen molar-refractivity contribution < 1.29 is 18.6 Å². The number of aryl methyl sites for hydroxylation is 1. The average Bonchev–Trinajstić information content (AvgIpc) is 3.55. The quantitative estimate of drug-likeness (QED) is 0.293. The molecule has 3 aromatic carbocycles. The molecule has 0 saturated heterocycles. The Labute approximate surface area is 190 Å². The van der Waals surface area contributed by atoms with Gasteiger partial charge in [0.25, 0.3) is 0 Å². The summed E-state index contributed by atoms with van der Waals surface area (Å²) in [5, 5.41) is 8.10. The van der Waals surface area contributed by atoms with E-state index in [1.165, 1.54) is 0 Å². The van der Waals surface area contributed by atoms with E-state index in [1.54, 1.807) is 12.1 Å². The topological polar surface area (TPSA) is 78.4 Å². The van der Waals surface area contributed by atoms with E-state index in [-0.39, 0.29) is 5.69 Å². The first kappa shape index (κ1) is 20.5. The molecule has 2 aromatic heterocycles. The van der Waals surface area contributed by atoms with Crippen molar-refractivity contribution in [2.24, 2.45) is 0 Å². The summed E-state index contributed by atoms with van der Waals surface area (Å²) in [6, 6.07) is 30.1. The average molecular weight is 436 g/mol. The Morgan fingerprint density at radius 2 is 1.36 bits per heavy atom. The molecule has 2 heterocycles. The van der Waals surface area contributed by atoms with Crippen molar-refractivity contribution in [3.8, 4) is 22.6 Å². The van der Waals surface area contributed by atoms with E-state index in [0.29, 0.717) is 17.2 Å². The third kappa shape index (κ3) is 4.45. The molecule has 33 heavy (non-hydrogen) atoms. The van der Waals surface area contributed by atoms with Gasteiger partial charge in [-0.05, 0) is 12.5 Å². The molecule has 6 heteroatoms. The van der Waals surface area contributed by atoms with Crippen LogP contribution in [-0.2, 0) is 4.74 Å². The third-order valence-electron chi connectivity index (χ3n) is 5.24. The lowest BCUT2D eigenvalue weighted by atomic mass is 10.0. The summed E-state index contributed by atoms with van der Waals surface area (Å²) in [6.07, 6.45) is -0.765. The molecule has 0 aliphatic rings. The summed E-state index contributed by atoms with van der Waals surface area (Å²) in [7, 11) is 0. The molecule has 0 amide bonds. The van der Waals surface area contributed by atoms with Crippen LogP contribution in [0.5, 0.6) is 0 Å². The van der Waals surface area contributed by atoms with E-state index in [1.807, 2.05) is 91.9 Å². The van der Waals surface area contributed by atoms with Crippen LogP contribution in [0.2, 0.25) is 0 Å². The predicted octanol–water partition coefficient (Wildman–Crippen LogP) is 6.25. The summed E-state index contributed by atoms with van der Waals surface area (Å²) in [5.41, 5.74) is 4.19. The zero-order chi connectivity index (χ0) is 22.6. The highest BCUT2D eigenvalue weighted by molar-refractivity contribution is 5.88. The summed E-state index contributed by atoms with van der Waals surface area (Å²) in [6.45, 7) is 2.02. The van der Waals surface area contributed by atoms with Gasteiger partial charge >= 0.3 is 5.97 Å². The normalized spacial score (nSPS) is 11.8. The Hall–Kier alpha value is -4.45. The van der Waals surface area contributed by atoms with Crippen LogP contribution in [-0.4, -0.2) is 16.3 Å². The first-order chi connectivity index (χ1) is 16.2. The zero-order valence-electron chi connectivity index (χ0n) is 17.8. The minimum Gasteiger partial charge on any atom is -0.446 e. The molecule has 0 N–H and O–H groups in total. The van der Waals surface area contributed by atoms with E-state index < -0.39 is 12.1 Å². The number of ether oxygens (including phenoxy) is 1. The van der Waals surface area contributed by atoms with Gasteiger partial charge in [-0.25, -0.2) is 4.79 Å². The number of rotatable bonds is 6. The van der Waals surface area contributed by atoms with Gasteiger partial charge in [-0.2, -0.15) is 0 Å². The molecule has 0 spiro atoms. The Morgan fingerprint density at radius 3 is 2.09 bits per heavy atom. The van der Waals surface area contributed by atoms with Gasteiger partial charge in [0, 0.05) is 23.3 Å². The van der Waals surface area contributed by atoms with Crippen molar-refractivity contribution in [1.82, 2.24) is 10.3 Å². The van der Waals surface area contributed by atoms with Crippen molar-refractivity contribution in [3.05, 3.63) is 120 Å². The summed E-state index contributed by atoms with van der Waals surface area (Å²) in [4.78, 5) is 13.0. The first-order valence-corrected chi connectivity index (χ1v) is 10.5.